The Balaban J connectivity index is 1.34. The summed E-state index contributed by atoms with van der Waals surface area (Å²) >= 11 is 3.29. The first-order chi connectivity index (χ1) is 16.9. The van der Waals surface area contributed by atoms with Gasteiger partial charge in [-0.1, -0.05) is 28.1 Å². The second kappa shape index (κ2) is 9.56. The second-order valence-corrected chi connectivity index (χ2v) is 10.1. The van der Waals surface area contributed by atoms with Gasteiger partial charge in [0, 0.05) is 35.5 Å². The van der Waals surface area contributed by atoms with Gasteiger partial charge in [0.05, 0.1) is 10.6 Å². The first-order valence-corrected chi connectivity index (χ1v) is 12.7. The predicted molar refractivity (Wildman–Crippen MR) is 132 cm³/mol. The maximum absolute atomic E-state index is 13.9. The third-order valence-electron chi connectivity index (χ3n) is 5.08. The van der Waals surface area contributed by atoms with E-state index in [1.807, 2.05) is 0 Å². The Hall–Kier alpha value is -3.61. The van der Waals surface area contributed by atoms with Crippen LogP contribution in [0.3, 0.4) is 0 Å². The number of benzene rings is 2. The third-order valence-corrected chi connectivity index (χ3v) is 7.09. The molecule has 9 nitrogen and oxygen atoms in total. The maximum atomic E-state index is 13.9. The standard InChI is InChI=1S/C23H18BrFN6O3S/c24-16-4-6-18(7-5-16)35(32,33)28-11-10-27-22-26-9-8-19(29-22)21-20(15-2-1-3-17(25)14-15)30-23-31(21)12-13-34-23/h1-9,12-14,28H,10-11H2,(H,26,27,29). The molecule has 35 heavy (non-hydrogen) atoms. The minimum absolute atomic E-state index is 0.124. The number of fused-ring (bicyclic) bond motifs is 1. The Morgan fingerprint density at radius 1 is 1.06 bits per heavy atom. The highest BCUT2D eigenvalue weighted by Gasteiger charge is 2.20. The number of anilines is 1. The van der Waals surface area contributed by atoms with Crippen molar-refractivity contribution in [1.29, 1.82) is 0 Å². The van der Waals surface area contributed by atoms with Crippen LogP contribution in [-0.2, 0) is 10.0 Å². The Bertz CT molecular complexity index is 1600. The van der Waals surface area contributed by atoms with Gasteiger partial charge in [-0.05, 0) is 42.5 Å². The molecule has 12 heteroatoms. The van der Waals surface area contributed by atoms with E-state index in [1.54, 1.807) is 47.1 Å². The van der Waals surface area contributed by atoms with E-state index in [1.165, 1.54) is 30.5 Å². The molecular weight excluding hydrogens is 539 g/mol. The second-order valence-electron chi connectivity index (χ2n) is 7.42. The molecule has 0 radical (unpaired) electrons. The van der Waals surface area contributed by atoms with Crippen LogP contribution >= 0.6 is 15.9 Å². The monoisotopic (exact) mass is 556 g/mol. The van der Waals surface area contributed by atoms with Gasteiger partial charge in [0.2, 0.25) is 16.0 Å². The quantitative estimate of drug-likeness (QED) is 0.273. The normalized spacial score (nSPS) is 11.7. The zero-order valence-corrected chi connectivity index (χ0v) is 20.4. The van der Waals surface area contributed by atoms with E-state index in [-0.39, 0.29) is 23.8 Å². The van der Waals surface area contributed by atoms with Crippen molar-refractivity contribution < 1.29 is 17.2 Å². The zero-order chi connectivity index (χ0) is 24.4. The summed E-state index contributed by atoms with van der Waals surface area (Å²) in [4.78, 5) is 13.4. The molecule has 0 aliphatic heterocycles. The fraction of sp³-hybridized carbons (Fsp3) is 0.0870. The van der Waals surface area contributed by atoms with Crippen LogP contribution in [0, 0.1) is 5.82 Å². The summed E-state index contributed by atoms with van der Waals surface area (Å²) in [6.07, 6.45) is 4.77. The summed E-state index contributed by atoms with van der Waals surface area (Å²) < 4.78 is 49.2. The maximum Gasteiger partial charge on any atom is 0.306 e. The number of oxazole rings is 1. The molecule has 0 spiro atoms. The number of imidazole rings is 1. The lowest BCUT2D eigenvalue weighted by atomic mass is 10.1. The highest BCUT2D eigenvalue weighted by atomic mass is 79.9. The van der Waals surface area contributed by atoms with Crippen molar-refractivity contribution in [3.63, 3.8) is 0 Å². The fourth-order valence-corrected chi connectivity index (χ4v) is 4.80. The topological polar surface area (TPSA) is 114 Å². The van der Waals surface area contributed by atoms with Crippen LogP contribution in [0.15, 0.2) is 87.0 Å². The number of halogens is 2. The molecule has 3 aromatic heterocycles. The first kappa shape index (κ1) is 23.1. The number of hydrogen-bond acceptors (Lipinski definition) is 7. The van der Waals surface area contributed by atoms with Crippen molar-refractivity contribution in [2.24, 2.45) is 0 Å². The molecule has 178 valence electrons. The molecule has 3 heterocycles. The number of sulfonamides is 1. The van der Waals surface area contributed by atoms with Gasteiger partial charge >= 0.3 is 5.84 Å². The lowest BCUT2D eigenvalue weighted by molar-refractivity contribution is 0.582. The molecule has 2 N–H and O–H groups in total. The predicted octanol–water partition coefficient (Wildman–Crippen LogP) is 4.34. The van der Waals surface area contributed by atoms with Gasteiger partial charge in [-0.3, -0.25) is 4.40 Å². The first-order valence-electron chi connectivity index (χ1n) is 10.4. The van der Waals surface area contributed by atoms with Crippen LogP contribution < -0.4 is 10.0 Å². The number of nitrogens with one attached hydrogen (secondary N) is 2. The number of aromatic nitrogens is 4. The van der Waals surface area contributed by atoms with Gasteiger partial charge < -0.3 is 9.73 Å². The van der Waals surface area contributed by atoms with Crippen LogP contribution in [0.5, 0.6) is 0 Å². The van der Waals surface area contributed by atoms with E-state index in [4.69, 9.17) is 4.42 Å². The largest absolute Gasteiger partial charge is 0.432 e. The Labute approximate surface area is 208 Å². The molecule has 0 fully saturated rings. The van der Waals surface area contributed by atoms with Gasteiger partial charge in [0.15, 0.2) is 0 Å². The summed E-state index contributed by atoms with van der Waals surface area (Å²) in [7, 11) is -3.64. The zero-order valence-electron chi connectivity index (χ0n) is 18.0. The van der Waals surface area contributed by atoms with Gasteiger partial charge in [0.1, 0.15) is 23.5 Å². The van der Waals surface area contributed by atoms with E-state index < -0.39 is 10.0 Å². The summed E-state index contributed by atoms with van der Waals surface area (Å²) in [6, 6.07) is 14.2. The number of hydrogen-bond donors (Lipinski definition) is 2. The number of rotatable bonds is 8. The summed E-state index contributed by atoms with van der Waals surface area (Å²) in [6.45, 7) is 0.378. The molecule has 0 aliphatic rings. The van der Waals surface area contributed by atoms with E-state index in [2.05, 4.69) is 40.9 Å². The average molecular weight is 557 g/mol. The molecule has 0 atom stereocenters. The van der Waals surface area contributed by atoms with E-state index in [0.29, 0.717) is 34.4 Å². The fourth-order valence-electron chi connectivity index (χ4n) is 3.50. The van der Waals surface area contributed by atoms with Crippen LogP contribution in [-0.4, -0.2) is 40.9 Å². The average Bonchev–Trinajstić information content (AvgIpc) is 3.44. The van der Waals surface area contributed by atoms with Crippen molar-refractivity contribution in [2.75, 3.05) is 18.4 Å². The molecule has 0 aliphatic carbocycles. The van der Waals surface area contributed by atoms with Crippen molar-refractivity contribution >= 4 is 37.7 Å². The van der Waals surface area contributed by atoms with Crippen molar-refractivity contribution in [3.8, 4) is 22.6 Å². The highest BCUT2D eigenvalue weighted by molar-refractivity contribution is 9.10. The molecule has 0 unspecified atom stereocenters. The van der Waals surface area contributed by atoms with Crippen LogP contribution in [0.2, 0.25) is 0 Å². The molecule has 2 aromatic carbocycles. The Kier molecular flexibility index (Phi) is 6.32. The summed E-state index contributed by atoms with van der Waals surface area (Å²) in [5.41, 5.74) is 2.23. The molecule has 0 amide bonds. The van der Waals surface area contributed by atoms with Gasteiger partial charge in [-0.25, -0.2) is 27.5 Å². The minimum atomic E-state index is -3.64. The van der Waals surface area contributed by atoms with Gasteiger partial charge in [0.25, 0.3) is 0 Å². The van der Waals surface area contributed by atoms with E-state index in [0.717, 1.165) is 4.47 Å². The van der Waals surface area contributed by atoms with E-state index >= 15 is 0 Å². The lowest BCUT2D eigenvalue weighted by Gasteiger charge is -2.09. The SMILES string of the molecule is O=S(=O)(NCCNc1nccc(-c2c(-c3cccc(F)c3)nc3occn23)n1)c1ccc(Br)cc1. The van der Waals surface area contributed by atoms with Crippen molar-refractivity contribution in [2.45, 2.75) is 4.90 Å². The van der Waals surface area contributed by atoms with Gasteiger partial charge in [-0.15, -0.1) is 0 Å². The smallest absolute Gasteiger partial charge is 0.306 e. The van der Waals surface area contributed by atoms with Crippen molar-refractivity contribution in [3.05, 3.63) is 83.5 Å². The lowest BCUT2D eigenvalue weighted by Crippen LogP contribution is -2.29. The molecule has 0 bridgehead atoms. The molecular formula is C23H18BrFN6O3S. The third kappa shape index (κ3) is 4.94. The van der Waals surface area contributed by atoms with Gasteiger partial charge in [-0.2, -0.15) is 4.98 Å². The van der Waals surface area contributed by atoms with Crippen LogP contribution in [0.25, 0.3) is 28.5 Å². The van der Waals surface area contributed by atoms with Crippen LogP contribution in [0.1, 0.15) is 0 Å². The molecule has 5 aromatic rings. The molecule has 0 saturated heterocycles. The Morgan fingerprint density at radius 3 is 2.69 bits per heavy atom. The molecule has 5 rings (SSSR count). The highest BCUT2D eigenvalue weighted by Crippen LogP contribution is 2.32. The van der Waals surface area contributed by atoms with Crippen LogP contribution in [0.4, 0.5) is 10.3 Å². The molecule has 0 saturated carbocycles. The Morgan fingerprint density at radius 2 is 1.89 bits per heavy atom. The van der Waals surface area contributed by atoms with Crippen molar-refractivity contribution in [1.82, 2.24) is 24.1 Å². The number of nitrogens with zero attached hydrogens (tertiary/aromatic N) is 4. The summed E-state index contributed by atoms with van der Waals surface area (Å²) in [5.74, 6) is 0.261. The minimum Gasteiger partial charge on any atom is -0.432 e. The van der Waals surface area contributed by atoms with E-state index in [9.17, 15) is 12.8 Å². The summed E-state index contributed by atoms with van der Waals surface area (Å²) in [5, 5.41) is 3.02.